The van der Waals surface area contributed by atoms with Crippen LogP contribution in [0.15, 0.2) is 59.3 Å². The van der Waals surface area contributed by atoms with Gasteiger partial charge in [-0.25, -0.2) is 4.79 Å². The van der Waals surface area contributed by atoms with Crippen LogP contribution in [0.4, 0.5) is 0 Å². The van der Waals surface area contributed by atoms with Crippen molar-refractivity contribution in [1.29, 1.82) is 0 Å². The molecule has 2 saturated carbocycles. The van der Waals surface area contributed by atoms with Crippen molar-refractivity contribution in [2.45, 2.75) is 43.4 Å². The minimum Gasteiger partial charge on any atom is -0.459 e. The normalized spacial score (nSPS) is 22.6. The molecule has 1 amide bonds. The second-order valence-corrected chi connectivity index (χ2v) is 12.1. The van der Waals surface area contributed by atoms with Crippen LogP contribution in [0.1, 0.15) is 44.9 Å². The number of hydrogen-bond donors (Lipinski definition) is 3. The van der Waals surface area contributed by atoms with Gasteiger partial charge in [-0.05, 0) is 79.2 Å². The number of rotatable bonds is 11. The van der Waals surface area contributed by atoms with Gasteiger partial charge < -0.3 is 25.2 Å². The second kappa shape index (κ2) is 11.7. The van der Waals surface area contributed by atoms with Crippen molar-refractivity contribution in [2.24, 2.45) is 11.8 Å². The smallest absolute Gasteiger partial charge is 0.349 e. The first-order chi connectivity index (χ1) is 18.4. The van der Waals surface area contributed by atoms with Crippen molar-refractivity contribution in [1.82, 2.24) is 10.2 Å². The maximum Gasteiger partial charge on any atom is 0.349 e. The molecule has 3 aromatic rings. The SMILES string of the molecule is CN(CCNC(=O)c1cccc(CCO)c1)[C@H]1C[C@H]2CC[C@@H]1[C@@H]2OC(=O)C(O)(c1cccs1)c1cccs1. The van der Waals surface area contributed by atoms with E-state index in [1.807, 2.05) is 41.1 Å². The Kier molecular flexibility index (Phi) is 8.30. The van der Waals surface area contributed by atoms with E-state index in [0.29, 0.717) is 34.8 Å². The van der Waals surface area contributed by atoms with Crippen molar-refractivity contribution in [3.63, 3.8) is 0 Å². The van der Waals surface area contributed by atoms with E-state index in [0.717, 1.165) is 24.8 Å². The van der Waals surface area contributed by atoms with Gasteiger partial charge >= 0.3 is 5.97 Å². The van der Waals surface area contributed by atoms with Crippen LogP contribution in [0.5, 0.6) is 0 Å². The third kappa shape index (κ3) is 5.31. The van der Waals surface area contributed by atoms with Gasteiger partial charge in [0.15, 0.2) is 0 Å². The van der Waals surface area contributed by atoms with Crippen LogP contribution in [0.25, 0.3) is 0 Å². The summed E-state index contributed by atoms with van der Waals surface area (Å²) >= 11 is 2.70. The summed E-state index contributed by atoms with van der Waals surface area (Å²) in [6.45, 7) is 1.25. The molecule has 0 aliphatic heterocycles. The lowest BCUT2D eigenvalue weighted by atomic mass is 9.94. The fourth-order valence-electron chi connectivity index (χ4n) is 6.03. The molecule has 1 aromatic carbocycles. The maximum absolute atomic E-state index is 13.5. The Balaban J connectivity index is 1.19. The van der Waals surface area contributed by atoms with Gasteiger partial charge in [0.2, 0.25) is 5.60 Å². The van der Waals surface area contributed by atoms with Gasteiger partial charge in [0.25, 0.3) is 5.91 Å². The van der Waals surface area contributed by atoms with Crippen LogP contribution in [-0.4, -0.2) is 65.9 Å². The minimum absolute atomic E-state index is 0.0527. The second-order valence-electron chi connectivity index (χ2n) is 10.2. The number of carbonyl (C=O) groups is 2. The van der Waals surface area contributed by atoms with Gasteiger partial charge in [0.05, 0.1) is 9.75 Å². The van der Waals surface area contributed by atoms with Crippen LogP contribution < -0.4 is 5.32 Å². The van der Waals surface area contributed by atoms with E-state index in [9.17, 15) is 14.7 Å². The minimum atomic E-state index is -1.79. The summed E-state index contributed by atoms with van der Waals surface area (Å²) in [6, 6.07) is 14.8. The van der Waals surface area contributed by atoms with Crippen molar-refractivity contribution < 1.29 is 24.5 Å². The molecule has 0 unspecified atom stereocenters. The number of thiophene rings is 2. The van der Waals surface area contributed by atoms with Gasteiger partial charge in [0.1, 0.15) is 6.10 Å². The Morgan fingerprint density at radius 3 is 2.50 bits per heavy atom. The molecule has 7 nitrogen and oxygen atoms in total. The Morgan fingerprint density at radius 2 is 1.84 bits per heavy atom. The van der Waals surface area contributed by atoms with Gasteiger partial charge in [-0.15, -0.1) is 22.7 Å². The van der Waals surface area contributed by atoms with Crippen LogP contribution in [0, 0.1) is 11.8 Å². The molecule has 0 radical (unpaired) electrons. The van der Waals surface area contributed by atoms with Crippen molar-refractivity contribution in [3.05, 3.63) is 80.2 Å². The number of nitrogens with one attached hydrogen (secondary N) is 1. The van der Waals surface area contributed by atoms with E-state index in [-0.39, 0.29) is 36.5 Å². The highest BCUT2D eigenvalue weighted by atomic mass is 32.1. The number of esters is 1. The molecule has 9 heteroatoms. The van der Waals surface area contributed by atoms with E-state index in [2.05, 4.69) is 17.3 Å². The quantitative estimate of drug-likeness (QED) is 0.313. The van der Waals surface area contributed by atoms with Crippen molar-refractivity contribution in [2.75, 3.05) is 26.7 Å². The average Bonchev–Trinajstić information content (AvgIpc) is 3.75. The molecule has 4 atom stereocenters. The number of aliphatic hydroxyl groups excluding tert-OH is 1. The number of fused-ring (bicyclic) bond motifs is 2. The molecule has 2 fully saturated rings. The topological polar surface area (TPSA) is 99.1 Å². The Hall–Kier alpha value is -2.56. The van der Waals surface area contributed by atoms with Crippen LogP contribution in [0.2, 0.25) is 0 Å². The molecule has 2 bridgehead atoms. The molecule has 2 heterocycles. The highest BCUT2D eigenvalue weighted by molar-refractivity contribution is 7.12. The highest BCUT2D eigenvalue weighted by Gasteiger charge is 2.54. The fourth-order valence-corrected chi connectivity index (χ4v) is 7.75. The first kappa shape index (κ1) is 27.0. The lowest BCUT2D eigenvalue weighted by Gasteiger charge is -2.32. The first-order valence-corrected chi connectivity index (χ1v) is 14.9. The molecule has 0 spiro atoms. The number of nitrogens with zero attached hydrogens (tertiary/aromatic N) is 1. The molecule has 3 N–H and O–H groups in total. The number of likely N-dealkylation sites (N-methyl/N-ethyl adjacent to an activating group) is 1. The van der Waals surface area contributed by atoms with E-state index < -0.39 is 11.6 Å². The number of aliphatic hydroxyl groups is 2. The van der Waals surface area contributed by atoms with E-state index in [1.54, 1.807) is 18.2 Å². The zero-order valence-corrected chi connectivity index (χ0v) is 23.0. The zero-order valence-electron chi connectivity index (χ0n) is 21.4. The molecule has 0 saturated heterocycles. The zero-order chi connectivity index (χ0) is 26.7. The third-order valence-corrected chi connectivity index (χ3v) is 9.95. The maximum atomic E-state index is 13.5. The molecule has 2 aliphatic rings. The number of ether oxygens (including phenoxy) is 1. The van der Waals surface area contributed by atoms with E-state index >= 15 is 0 Å². The summed E-state index contributed by atoms with van der Waals surface area (Å²) in [5.41, 5.74) is -0.260. The van der Waals surface area contributed by atoms with Crippen LogP contribution in [0.3, 0.4) is 0 Å². The summed E-state index contributed by atoms with van der Waals surface area (Å²) < 4.78 is 6.13. The van der Waals surface area contributed by atoms with Gasteiger partial charge in [-0.2, -0.15) is 0 Å². The molecule has 5 rings (SSSR count). The summed E-state index contributed by atoms with van der Waals surface area (Å²) in [6.07, 6.45) is 3.25. The Labute approximate surface area is 231 Å². The Morgan fingerprint density at radius 1 is 1.11 bits per heavy atom. The van der Waals surface area contributed by atoms with Crippen molar-refractivity contribution in [3.8, 4) is 0 Å². The number of amides is 1. The molecule has 38 heavy (non-hydrogen) atoms. The largest absolute Gasteiger partial charge is 0.459 e. The van der Waals surface area contributed by atoms with E-state index in [4.69, 9.17) is 9.84 Å². The van der Waals surface area contributed by atoms with Crippen LogP contribution >= 0.6 is 22.7 Å². The lowest BCUT2D eigenvalue weighted by Crippen LogP contribution is -2.43. The summed E-state index contributed by atoms with van der Waals surface area (Å²) in [4.78, 5) is 29.6. The monoisotopic (exact) mass is 554 g/mol. The lowest BCUT2D eigenvalue weighted by molar-refractivity contribution is -0.170. The first-order valence-electron chi connectivity index (χ1n) is 13.1. The Bertz CT molecular complexity index is 1200. The van der Waals surface area contributed by atoms with Gasteiger partial charge in [0, 0.05) is 37.2 Å². The highest BCUT2D eigenvalue weighted by Crippen LogP contribution is 2.49. The number of hydrogen-bond acceptors (Lipinski definition) is 8. The molecule has 202 valence electrons. The van der Waals surface area contributed by atoms with Crippen molar-refractivity contribution >= 4 is 34.6 Å². The summed E-state index contributed by atoms with van der Waals surface area (Å²) in [5.74, 6) is -0.241. The van der Waals surface area contributed by atoms with Crippen LogP contribution in [-0.2, 0) is 21.6 Å². The molecular formula is C29H34N2O5S2. The van der Waals surface area contributed by atoms with Gasteiger partial charge in [-0.3, -0.25) is 4.79 Å². The number of carbonyl (C=O) groups excluding carboxylic acids is 2. The summed E-state index contributed by atoms with van der Waals surface area (Å²) in [7, 11) is 2.06. The molecule has 2 aromatic heterocycles. The van der Waals surface area contributed by atoms with E-state index in [1.165, 1.54) is 22.7 Å². The average molecular weight is 555 g/mol. The van der Waals surface area contributed by atoms with Gasteiger partial charge in [-0.1, -0.05) is 24.3 Å². The predicted octanol–water partition coefficient (Wildman–Crippen LogP) is 3.65. The standard InChI is InChI=1S/C29H34N2O5S2/c1-31(13-12-30-27(33)21-6-2-5-19(17-21)11-14-32)23-18-20-9-10-22(23)26(20)36-28(34)29(35,24-7-3-15-37-24)25-8-4-16-38-25/h2-8,15-17,20,22-23,26,32,35H,9-14,18H2,1H3,(H,30,33)/t20-,22+,23+,26-/m1/s1. The third-order valence-electron chi connectivity index (χ3n) is 8.00. The fraction of sp³-hybridized carbons (Fsp3) is 0.448. The predicted molar refractivity (Wildman–Crippen MR) is 148 cm³/mol. The summed E-state index contributed by atoms with van der Waals surface area (Å²) in [5, 5.41) is 27.5. The molecule has 2 aliphatic carbocycles. The molecular weight excluding hydrogens is 520 g/mol. The number of benzene rings is 1.